The van der Waals surface area contributed by atoms with Crippen LogP contribution in [0.15, 0.2) is 39.8 Å². The van der Waals surface area contributed by atoms with Gasteiger partial charge in [-0.25, -0.2) is 28.5 Å². The number of aliphatic imine (C=N–C) groups is 1. The van der Waals surface area contributed by atoms with Crippen LogP contribution in [0.4, 0.5) is 5.82 Å². The summed E-state index contributed by atoms with van der Waals surface area (Å²) < 4.78 is 53.8. The fraction of sp³-hybridized carbons (Fsp3) is 0.350. The van der Waals surface area contributed by atoms with Crippen molar-refractivity contribution >= 4 is 53.3 Å². The molecule has 246 valence electrons. The second-order valence-electron chi connectivity index (χ2n) is 9.19. The van der Waals surface area contributed by atoms with Crippen molar-refractivity contribution in [3.05, 3.63) is 57.3 Å². The molecule has 0 bridgehead atoms. The molecule has 2 unspecified atom stereocenters. The standard InChI is InChI=1S/C20H26N7O15P3/c1-11-17-18(23-9-22-11)26(10-24-17)5-4-21-15(29)3-2-12-7-27(20(31)25-19(12)30)16-6-13(28)14(40-16)8-39-44(35,36)42-45(37,38)41-43(32,33)34/h2-3,7,9-10,13-14,16,28H,1,4-6,8H2,(H,21,29)(H,22,23)(H,35,36)(H,37,38)(H,25,30,31)(H2,32,33,34)/b3-2+/t13-,14-,16-/m1/s1. The Balaban J connectivity index is 1.34. The van der Waals surface area contributed by atoms with Gasteiger partial charge in [-0.2, -0.15) is 8.62 Å². The molecule has 5 atom stereocenters. The van der Waals surface area contributed by atoms with E-state index in [0.717, 1.165) is 22.9 Å². The van der Waals surface area contributed by atoms with Crippen LogP contribution in [-0.2, 0) is 42.9 Å². The fourth-order valence-corrected chi connectivity index (χ4v) is 7.02. The number of hydrogen-bond acceptors (Lipinski definition) is 14. The van der Waals surface area contributed by atoms with E-state index in [1.807, 2.05) is 4.98 Å². The Bertz CT molecular complexity index is 1790. The summed E-state index contributed by atoms with van der Waals surface area (Å²) in [6.45, 7) is 3.35. The zero-order chi connectivity index (χ0) is 33.2. The van der Waals surface area contributed by atoms with Gasteiger partial charge in [-0.05, 0) is 6.08 Å². The number of aliphatic hydroxyl groups excluding tert-OH is 1. The average Bonchev–Trinajstić information content (AvgIpc) is 3.49. The number of aromatic nitrogens is 4. The summed E-state index contributed by atoms with van der Waals surface area (Å²) in [5, 5.41) is 15.8. The summed E-state index contributed by atoms with van der Waals surface area (Å²) >= 11 is 0. The van der Waals surface area contributed by atoms with Gasteiger partial charge in [-0.1, -0.05) is 6.58 Å². The Morgan fingerprint density at radius 2 is 1.93 bits per heavy atom. The van der Waals surface area contributed by atoms with Gasteiger partial charge in [0.05, 0.1) is 36.6 Å². The number of nitrogens with one attached hydrogen (secondary N) is 3. The van der Waals surface area contributed by atoms with Gasteiger partial charge in [0.25, 0.3) is 5.56 Å². The number of carbonyl (C=O) groups is 1. The second-order valence-corrected chi connectivity index (χ2v) is 13.6. The van der Waals surface area contributed by atoms with Crippen LogP contribution in [-0.4, -0.2) is 81.4 Å². The minimum atomic E-state index is -5.76. The number of H-pyrrole nitrogens is 1. The molecule has 25 heteroatoms. The molecule has 0 radical (unpaired) electrons. The minimum absolute atomic E-state index is 0.149. The van der Waals surface area contributed by atoms with Crippen molar-refractivity contribution in [2.45, 2.75) is 31.4 Å². The van der Waals surface area contributed by atoms with Crippen LogP contribution in [0.2, 0.25) is 0 Å². The summed E-state index contributed by atoms with van der Waals surface area (Å²) in [6.07, 6.45) is 1.80. The summed E-state index contributed by atoms with van der Waals surface area (Å²) in [5.41, 5.74) is -0.809. The largest absolute Gasteiger partial charge is 0.490 e. The molecule has 0 spiro atoms. The van der Waals surface area contributed by atoms with Gasteiger partial charge < -0.3 is 44.6 Å². The van der Waals surface area contributed by atoms with Gasteiger partial charge in [-0.15, -0.1) is 0 Å². The van der Waals surface area contributed by atoms with E-state index in [9.17, 15) is 43.0 Å². The Labute approximate surface area is 251 Å². The van der Waals surface area contributed by atoms with E-state index >= 15 is 0 Å². The number of rotatable bonds is 13. The maximum atomic E-state index is 12.4. The summed E-state index contributed by atoms with van der Waals surface area (Å²) in [5.74, 6) is -0.0115. The fourth-order valence-electron chi connectivity index (χ4n) is 3.99. The molecule has 0 saturated carbocycles. The third-order valence-corrected chi connectivity index (χ3v) is 9.72. The van der Waals surface area contributed by atoms with Gasteiger partial charge in [0.1, 0.15) is 18.0 Å². The smallest absolute Gasteiger partial charge is 0.390 e. The highest BCUT2D eigenvalue weighted by atomic mass is 31.3. The van der Waals surface area contributed by atoms with E-state index in [2.05, 4.69) is 40.3 Å². The molecule has 2 aliphatic rings. The molecule has 22 nitrogen and oxygen atoms in total. The molecule has 2 aromatic rings. The van der Waals surface area contributed by atoms with Crippen LogP contribution in [0.25, 0.3) is 11.8 Å². The van der Waals surface area contributed by atoms with E-state index < -0.39 is 65.7 Å². The predicted octanol–water partition coefficient (Wildman–Crippen LogP) is -1.21. The van der Waals surface area contributed by atoms with E-state index in [1.165, 1.54) is 12.7 Å². The van der Waals surface area contributed by atoms with Crippen LogP contribution in [0.1, 0.15) is 23.9 Å². The molecule has 45 heavy (non-hydrogen) atoms. The molecule has 0 aliphatic carbocycles. The molecule has 1 amide bonds. The molecule has 2 aromatic heterocycles. The SMILES string of the molecule is C=C1NC=Nc2c1ncn2CCNC(=O)/C=C/c1cn([C@H]2C[C@@H](O)[C@@H](COP(=O)(O)OP(=O)(O)OP(=O)(O)O)O2)c(=O)[nH]c1=O. The van der Waals surface area contributed by atoms with Gasteiger partial charge in [0.15, 0.2) is 5.82 Å². The highest BCUT2D eigenvalue weighted by Gasteiger charge is 2.43. The highest BCUT2D eigenvalue weighted by molar-refractivity contribution is 7.66. The van der Waals surface area contributed by atoms with E-state index in [-0.39, 0.29) is 18.5 Å². The topological polar surface area (TPSA) is 315 Å². The predicted molar refractivity (Wildman–Crippen MR) is 150 cm³/mol. The van der Waals surface area contributed by atoms with Gasteiger partial charge in [0.2, 0.25) is 5.91 Å². The molecule has 0 aromatic carbocycles. The van der Waals surface area contributed by atoms with Crippen molar-refractivity contribution < 1.29 is 61.1 Å². The lowest BCUT2D eigenvalue weighted by molar-refractivity contribution is -0.116. The Morgan fingerprint density at radius 1 is 1.20 bits per heavy atom. The third kappa shape index (κ3) is 9.33. The van der Waals surface area contributed by atoms with E-state index in [1.54, 1.807) is 4.57 Å². The number of nitrogens with zero attached hydrogens (tertiary/aromatic N) is 4. The number of aromatic amines is 1. The number of phosphoric ester groups is 1. The van der Waals surface area contributed by atoms with Crippen molar-refractivity contribution in [3.63, 3.8) is 0 Å². The Kier molecular flexibility index (Phi) is 10.4. The van der Waals surface area contributed by atoms with Crippen LogP contribution in [0.3, 0.4) is 0 Å². The number of ether oxygens (including phenoxy) is 1. The van der Waals surface area contributed by atoms with Crippen LogP contribution in [0, 0.1) is 0 Å². The Morgan fingerprint density at radius 3 is 2.64 bits per heavy atom. The maximum Gasteiger partial charge on any atom is 0.490 e. The number of phosphoric acid groups is 3. The van der Waals surface area contributed by atoms with Gasteiger partial charge in [0, 0.05) is 31.8 Å². The summed E-state index contributed by atoms with van der Waals surface area (Å²) in [6, 6.07) is 0. The lowest BCUT2D eigenvalue weighted by Gasteiger charge is -2.19. The molecule has 4 heterocycles. The average molecular weight is 697 g/mol. The molecular weight excluding hydrogens is 671 g/mol. The monoisotopic (exact) mass is 697 g/mol. The zero-order valence-electron chi connectivity index (χ0n) is 22.6. The van der Waals surface area contributed by atoms with Crippen LogP contribution < -0.4 is 21.9 Å². The first kappa shape index (κ1) is 34.5. The van der Waals surface area contributed by atoms with Crippen molar-refractivity contribution in [2.24, 2.45) is 4.99 Å². The number of amides is 1. The number of imidazole rings is 1. The quantitative estimate of drug-likeness (QED) is 0.0899. The molecule has 4 rings (SSSR count). The van der Waals surface area contributed by atoms with E-state index in [0.29, 0.717) is 23.8 Å². The second kappa shape index (κ2) is 13.6. The first-order valence-electron chi connectivity index (χ1n) is 12.4. The zero-order valence-corrected chi connectivity index (χ0v) is 25.3. The lowest BCUT2D eigenvalue weighted by atomic mass is 10.2. The lowest BCUT2D eigenvalue weighted by Crippen LogP contribution is -2.33. The number of fused-ring (bicyclic) bond motifs is 1. The molecule has 1 saturated heterocycles. The maximum absolute atomic E-state index is 12.4. The summed E-state index contributed by atoms with van der Waals surface area (Å²) in [7, 11) is -16.9. The molecule has 2 aliphatic heterocycles. The number of carbonyl (C=O) groups excluding carboxylic acids is 1. The van der Waals surface area contributed by atoms with Gasteiger partial charge >= 0.3 is 29.2 Å². The van der Waals surface area contributed by atoms with E-state index in [4.69, 9.17) is 14.5 Å². The molecule has 8 N–H and O–H groups in total. The van der Waals surface area contributed by atoms with Crippen molar-refractivity contribution in [1.29, 1.82) is 0 Å². The third-order valence-electron chi connectivity index (χ3n) is 5.92. The minimum Gasteiger partial charge on any atom is -0.390 e. The van der Waals surface area contributed by atoms with Crippen LogP contribution in [0.5, 0.6) is 0 Å². The number of aliphatic hydroxyl groups is 1. The van der Waals surface area contributed by atoms with Crippen molar-refractivity contribution in [1.82, 2.24) is 29.7 Å². The normalized spacial score (nSPS) is 22.5. The molecule has 1 fully saturated rings. The van der Waals surface area contributed by atoms with Crippen molar-refractivity contribution in [3.8, 4) is 0 Å². The summed E-state index contributed by atoms with van der Waals surface area (Å²) in [4.78, 5) is 83.5. The Hall–Kier alpha value is -3.36. The van der Waals surface area contributed by atoms with Crippen molar-refractivity contribution in [2.75, 3.05) is 13.2 Å². The first-order valence-corrected chi connectivity index (χ1v) is 16.9. The molecular formula is C20H26N7O15P3. The highest BCUT2D eigenvalue weighted by Crippen LogP contribution is 2.66. The first-order chi connectivity index (χ1) is 20.9. The number of hydrogen-bond donors (Lipinski definition) is 8. The van der Waals surface area contributed by atoms with Crippen LogP contribution >= 0.6 is 23.5 Å². The van der Waals surface area contributed by atoms with Gasteiger partial charge in [-0.3, -0.25) is 23.7 Å².